The second-order valence-corrected chi connectivity index (χ2v) is 5.20. The van der Waals surface area contributed by atoms with Crippen molar-refractivity contribution in [2.75, 3.05) is 52.7 Å². The summed E-state index contributed by atoms with van der Waals surface area (Å²) in [5.41, 5.74) is 6.14. The monoisotopic (exact) mass is 244 g/mol. The molecule has 2 rings (SSSR count). The molecule has 2 saturated heterocycles. The zero-order chi connectivity index (χ0) is 12.1. The highest BCUT2D eigenvalue weighted by Gasteiger charge is 2.35. The van der Waals surface area contributed by atoms with E-state index in [0.29, 0.717) is 13.2 Å². The summed E-state index contributed by atoms with van der Waals surface area (Å²) in [4.78, 5) is 2.34. The van der Waals surface area contributed by atoms with Crippen molar-refractivity contribution in [3.63, 3.8) is 0 Å². The average molecular weight is 244 g/mol. The Bertz CT molecular complexity index is 232. The van der Waals surface area contributed by atoms with Gasteiger partial charge in [0.15, 0.2) is 0 Å². The van der Waals surface area contributed by atoms with Crippen molar-refractivity contribution in [3.05, 3.63) is 0 Å². The van der Waals surface area contributed by atoms with Gasteiger partial charge in [0.25, 0.3) is 0 Å². The molecule has 0 spiro atoms. The van der Waals surface area contributed by atoms with Gasteiger partial charge in [-0.25, -0.2) is 0 Å². The Balaban J connectivity index is 1.96. The van der Waals surface area contributed by atoms with Crippen molar-refractivity contribution in [2.24, 2.45) is 11.1 Å². The van der Waals surface area contributed by atoms with E-state index in [0.717, 1.165) is 45.8 Å². The number of morpholine rings is 1. The lowest BCUT2D eigenvalue weighted by atomic mass is 9.79. The second kappa shape index (κ2) is 6.11. The lowest BCUT2D eigenvalue weighted by Gasteiger charge is -2.44. The van der Waals surface area contributed by atoms with E-state index >= 15 is 0 Å². The summed E-state index contributed by atoms with van der Waals surface area (Å²) in [7, 11) is 0. The van der Waals surface area contributed by atoms with E-state index in [1.165, 1.54) is 0 Å². The van der Waals surface area contributed by atoms with Crippen molar-refractivity contribution in [3.8, 4) is 0 Å². The van der Waals surface area contributed by atoms with Crippen molar-refractivity contribution >= 4 is 0 Å². The zero-order valence-corrected chi connectivity index (χ0v) is 10.4. The normalized spacial score (nSPS) is 30.4. The first-order valence-corrected chi connectivity index (χ1v) is 6.50. The van der Waals surface area contributed by atoms with Crippen LogP contribution in [0.1, 0.15) is 12.8 Å². The minimum atomic E-state index is 0.134. The highest BCUT2D eigenvalue weighted by molar-refractivity contribution is 4.88. The Kier molecular flexibility index (Phi) is 4.76. The number of aliphatic hydroxyl groups is 1. The quantitative estimate of drug-likeness (QED) is 0.693. The first-order valence-electron chi connectivity index (χ1n) is 6.50. The van der Waals surface area contributed by atoms with Gasteiger partial charge in [-0.1, -0.05) is 0 Å². The number of nitrogens with two attached hydrogens (primary N) is 1. The molecule has 0 aromatic rings. The molecule has 2 aliphatic heterocycles. The molecule has 0 aromatic carbocycles. The lowest BCUT2D eigenvalue weighted by Crippen LogP contribution is -2.54. The van der Waals surface area contributed by atoms with Gasteiger partial charge in [-0.15, -0.1) is 0 Å². The van der Waals surface area contributed by atoms with Crippen LogP contribution in [-0.4, -0.2) is 68.7 Å². The van der Waals surface area contributed by atoms with Gasteiger partial charge in [0.1, 0.15) is 0 Å². The molecule has 0 radical (unpaired) electrons. The van der Waals surface area contributed by atoms with Gasteiger partial charge in [0.05, 0.1) is 25.9 Å². The summed E-state index contributed by atoms with van der Waals surface area (Å²) < 4.78 is 10.8. The summed E-state index contributed by atoms with van der Waals surface area (Å²) >= 11 is 0. The zero-order valence-electron chi connectivity index (χ0n) is 10.4. The minimum Gasteiger partial charge on any atom is -0.395 e. The van der Waals surface area contributed by atoms with Crippen LogP contribution in [0, 0.1) is 5.41 Å². The standard InChI is InChI=1S/C12H24N2O3/c13-9-12(1-4-16-5-2-12)10-14-3-6-17-8-11(14)7-15/h11,15H,1-10,13H2. The van der Waals surface area contributed by atoms with E-state index in [9.17, 15) is 5.11 Å². The number of rotatable bonds is 4. The Hall–Kier alpha value is -0.200. The third kappa shape index (κ3) is 3.17. The maximum absolute atomic E-state index is 9.37. The smallest absolute Gasteiger partial charge is 0.0644 e. The van der Waals surface area contributed by atoms with Crippen molar-refractivity contribution < 1.29 is 14.6 Å². The molecule has 0 aromatic heterocycles. The van der Waals surface area contributed by atoms with Crippen LogP contribution in [0.15, 0.2) is 0 Å². The van der Waals surface area contributed by atoms with Crippen LogP contribution in [0.4, 0.5) is 0 Å². The highest BCUT2D eigenvalue weighted by atomic mass is 16.5. The van der Waals surface area contributed by atoms with Gasteiger partial charge in [0, 0.05) is 26.3 Å². The molecule has 0 aliphatic carbocycles. The molecule has 0 saturated carbocycles. The van der Waals surface area contributed by atoms with Crippen LogP contribution >= 0.6 is 0 Å². The molecule has 1 unspecified atom stereocenters. The topological polar surface area (TPSA) is 68.0 Å². The molecule has 3 N–H and O–H groups in total. The molecular weight excluding hydrogens is 220 g/mol. The molecule has 0 bridgehead atoms. The molecule has 5 nitrogen and oxygen atoms in total. The number of ether oxygens (including phenoxy) is 2. The van der Waals surface area contributed by atoms with Crippen LogP contribution < -0.4 is 5.73 Å². The van der Waals surface area contributed by atoms with Gasteiger partial charge in [-0.2, -0.15) is 0 Å². The number of hydrogen-bond donors (Lipinski definition) is 2. The highest BCUT2D eigenvalue weighted by Crippen LogP contribution is 2.31. The molecule has 0 amide bonds. The van der Waals surface area contributed by atoms with E-state index in [-0.39, 0.29) is 18.1 Å². The molecule has 17 heavy (non-hydrogen) atoms. The summed E-state index contributed by atoms with van der Waals surface area (Å²) in [6.07, 6.45) is 2.05. The number of aliphatic hydroxyl groups excluding tert-OH is 1. The van der Waals surface area contributed by atoms with Crippen LogP contribution in [-0.2, 0) is 9.47 Å². The van der Waals surface area contributed by atoms with Gasteiger partial charge >= 0.3 is 0 Å². The maximum atomic E-state index is 9.37. The summed E-state index contributed by atoms with van der Waals surface area (Å²) in [5.74, 6) is 0. The first-order chi connectivity index (χ1) is 8.29. The summed E-state index contributed by atoms with van der Waals surface area (Å²) in [5, 5.41) is 9.37. The molecule has 2 aliphatic rings. The van der Waals surface area contributed by atoms with Gasteiger partial charge in [-0.05, 0) is 24.8 Å². The molecular formula is C12H24N2O3. The molecule has 5 heteroatoms. The minimum absolute atomic E-state index is 0.134. The second-order valence-electron chi connectivity index (χ2n) is 5.20. The fourth-order valence-corrected chi connectivity index (χ4v) is 2.73. The van der Waals surface area contributed by atoms with Crippen molar-refractivity contribution in [1.29, 1.82) is 0 Å². The Morgan fingerprint density at radius 1 is 1.24 bits per heavy atom. The average Bonchev–Trinajstić information content (AvgIpc) is 2.40. The van der Waals surface area contributed by atoms with E-state index in [1.807, 2.05) is 0 Å². The van der Waals surface area contributed by atoms with E-state index < -0.39 is 0 Å². The third-order valence-corrected chi connectivity index (χ3v) is 4.09. The largest absolute Gasteiger partial charge is 0.395 e. The number of hydrogen-bond acceptors (Lipinski definition) is 5. The lowest BCUT2D eigenvalue weighted by molar-refractivity contribution is -0.0633. The Labute approximate surface area is 103 Å². The SMILES string of the molecule is NCC1(CN2CCOCC2CO)CCOCC1. The summed E-state index contributed by atoms with van der Waals surface area (Å²) in [6, 6.07) is 0.134. The van der Waals surface area contributed by atoms with E-state index in [4.69, 9.17) is 15.2 Å². The molecule has 2 fully saturated rings. The van der Waals surface area contributed by atoms with E-state index in [1.54, 1.807) is 0 Å². The maximum Gasteiger partial charge on any atom is 0.0644 e. The molecule has 1 atom stereocenters. The van der Waals surface area contributed by atoms with Crippen molar-refractivity contribution in [2.45, 2.75) is 18.9 Å². The van der Waals surface area contributed by atoms with Crippen LogP contribution in [0.2, 0.25) is 0 Å². The van der Waals surface area contributed by atoms with Gasteiger partial charge in [0.2, 0.25) is 0 Å². The van der Waals surface area contributed by atoms with Crippen LogP contribution in [0.5, 0.6) is 0 Å². The molecule has 2 heterocycles. The fourth-order valence-electron chi connectivity index (χ4n) is 2.73. The van der Waals surface area contributed by atoms with E-state index in [2.05, 4.69) is 4.90 Å². The van der Waals surface area contributed by atoms with Gasteiger partial charge in [-0.3, -0.25) is 4.90 Å². The first kappa shape index (κ1) is 13.2. The van der Waals surface area contributed by atoms with Crippen LogP contribution in [0.3, 0.4) is 0 Å². The predicted octanol–water partition coefficient (Wildman–Crippen LogP) is -0.565. The van der Waals surface area contributed by atoms with Crippen LogP contribution in [0.25, 0.3) is 0 Å². The third-order valence-electron chi connectivity index (χ3n) is 4.09. The predicted molar refractivity (Wildman–Crippen MR) is 64.8 cm³/mol. The Morgan fingerprint density at radius 2 is 2.00 bits per heavy atom. The summed E-state index contributed by atoms with van der Waals surface area (Å²) in [6.45, 7) is 5.73. The Morgan fingerprint density at radius 3 is 2.65 bits per heavy atom. The van der Waals surface area contributed by atoms with Gasteiger partial charge < -0.3 is 20.3 Å². The number of nitrogens with zero attached hydrogens (tertiary/aromatic N) is 1. The fraction of sp³-hybridized carbons (Fsp3) is 1.00. The molecule has 100 valence electrons. The van der Waals surface area contributed by atoms with Crippen molar-refractivity contribution in [1.82, 2.24) is 4.90 Å².